The Morgan fingerprint density at radius 2 is 1.67 bits per heavy atom. The molecule has 2 heterocycles. The number of piperazine rings is 1. The third-order valence-corrected chi connectivity index (χ3v) is 4.97. The van der Waals surface area contributed by atoms with E-state index >= 15 is 0 Å². The number of fused-ring (bicyclic) bond motifs is 1. The molecule has 2 aliphatic heterocycles. The Morgan fingerprint density at radius 1 is 1.07 bits per heavy atom. The van der Waals surface area contributed by atoms with E-state index in [-0.39, 0.29) is 12.0 Å². The van der Waals surface area contributed by atoms with Gasteiger partial charge in [0.15, 0.2) is 0 Å². The molecule has 9 nitrogen and oxygen atoms in total. The van der Waals surface area contributed by atoms with Gasteiger partial charge in [0.1, 0.15) is 11.9 Å². The number of benzene rings is 1. The van der Waals surface area contributed by atoms with Gasteiger partial charge in [0.25, 0.3) is 5.91 Å². The number of ether oxygens (including phenoxy) is 1. The van der Waals surface area contributed by atoms with E-state index in [9.17, 15) is 14.4 Å². The molecule has 0 saturated carbocycles. The van der Waals surface area contributed by atoms with Crippen molar-refractivity contribution in [3.63, 3.8) is 0 Å². The summed E-state index contributed by atoms with van der Waals surface area (Å²) in [6, 6.07) is 7.56. The maximum Gasteiger partial charge on any atom is 0.328 e. The molecule has 1 saturated heterocycles. The highest BCUT2D eigenvalue weighted by molar-refractivity contribution is 5.97. The molecule has 164 valence electrons. The number of carboxylic acids is 2. The molecule has 1 aromatic rings. The Labute approximate surface area is 176 Å². The van der Waals surface area contributed by atoms with Crippen molar-refractivity contribution in [3.05, 3.63) is 42.0 Å². The fourth-order valence-corrected chi connectivity index (χ4v) is 3.25. The maximum atomic E-state index is 12.4. The summed E-state index contributed by atoms with van der Waals surface area (Å²) in [5.74, 6) is -1.74. The van der Waals surface area contributed by atoms with Crippen molar-refractivity contribution in [1.82, 2.24) is 14.7 Å². The molecule has 0 aliphatic carbocycles. The van der Waals surface area contributed by atoms with Gasteiger partial charge in [0.2, 0.25) is 0 Å². The molecule has 0 bridgehead atoms. The minimum absolute atomic E-state index is 0.0534. The molecule has 2 aliphatic rings. The van der Waals surface area contributed by atoms with E-state index in [0.717, 1.165) is 44.9 Å². The van der Waals surface area contributed by atoms with Crippen LogP contribution < -0.4 is 4.74 Å². The second-order valence-corrected chi connectivity index (χ2v) is 7.37. The predicted molar refractivity (Wildman–Crippen MR) is 111 cm³/mol. The van der Waals surface area contributed by atoms with Crippen LogP contribution in [0.2, 0.25) is 0 Å². The molecule has 1 unspecified atom stereocenters. The van der Waals surface area contributed by atoms with Crippen molar-refractivity contribution in [1.29, 1.82) is 0 Å². The van der Waals surface area contributed by atoms with Gasteiger partial charge in [-0.05, 0) is 25.6 Å². The molecule has 1 fully saturated rings. The number of rotatable bonds is 5. The zero-order valence-electron chi connectivity index (χ0n) is 17.4. The van der Waals surface area contributed by atoms with Crippen LogP contribution in [0.3, 0.4) is 0 Å². The molecule has 1 amide bonds. The average Bonchev–Trinajstić information content (AvgIpc) is 2.83. The number of amides is 1. The lowest BCUT2D eigenvalue weighted by molar-refractivity contribution is -0.134. The summed E-state index contributed by atoms with van der Waals surface area (Å²) in [4.78, 5) is 38.1. The number of hydrogen-bond acceptors (Lipinski definition) is 6. The SMILES string of the molecule is CN1CCN(CCC2CN(C)C(=O)c3ccccc3O2)CC1.O=C(O)C=CC(=O)O. The monoisotopic (exact) mass is 419 g/mol. The minimum atomic E-state index is -1.26. The first kappa shape index (κ1) is 23.4. The molecule has 1 aromatic carbocycles. The highest BCUT2D eigenvalue weighted by Gasteiger charge is 2.26. The summed E-state index contributed by atoms with van der Waals surface area (Å²) in [7, 11) is 4.03. The Balaban J connectivity index is 0.000000343. The van der Waals surface area contributed by atoms with E-state index in [4.69, 9.17) is 14.9 Å². The first-order valence-corrected chi connectivity index (χ1v) is 9.82. The molecule has 0 spiro atoms. The summed E-state index contributed by atoms with van der Waals surface area (Å²) < 4.78 is 6.11. The second-order valence-electron chi connectivity index (χ2n) is 7.37. The number of carbonyl (C=O) groups is 3. The number of para-hydroxylation sites is 1. The molecule has 0 radical (unpaired) electrons. The van der Waals surface area contributed by atoms with Gasteiger partial charge in [-0.25, -0.2) is 9.59 Å². The normalized spacial score (nSPS) is 20.0. The number of aliphatic carboxylic acids is 2. The molecule has 0 aromatic heterocycles. The van der Waals surface area contributed by atoms with Crippen LogP contribution in [0, 0.1) is 0 Å². The van der Waals surface area contributed by atoms with E-state index in [2.05, 4.69) is 16.8 Å². The van der Waals surface area contributed by atoms with E-state index in [1.165, 1.54) is 0 Å². The summed E-state index contributed by atoms with van der Waals surface area (Å²) in [5, 5.41) is 15.6. The Morgan fingerprint density at radius 3 is 2.27 bits per heavy atom. The third kappa shape index (κ3) is 7.49. The highest BCUT2D eigenvalue weighted by atomic mass is 16.5. The van der Waals surface area contributed by atoms with Crippen molar-refractivity contribution in [2.45, 2.75) is 12.5 Å². The maximum absolute atomic E-state index is 12.4. The van der Waals surface area contributed by atoms with Gasteiger partial charge in [-0.1, -0.05) is 12.1 Å². The fraction of sp³-hybridized carbons (Fsp3) is 0.476. The van der Waals surface area contributed by atoms with Gasteiger partial charge < -0.3 is 29.6 Å². The van der Waals surface area contributed by atoms with Gasteiger partial charge in [0.05, 0.1) is 12.1 Å². The van der Waals surface area contributed by atoms with Crippen molar-refractivity contribution in [2.75, 3.05) is 53.4 Å². The van der Waals surface area contributed by atoms with E-state index in [1.807, 2.05) is 31.3 Å². The third-order valence-electron chi connectivity index (χ3n) is 4.97. The van der Waals surface area contributed by atoms with Gasteiger partial charge in [-0.15, -0.1) is 0 Å². The number of hydrogen-bond donors (Lipinski definition) is 2. The lowest BCUT2D eigenvalue weighted by atomic mass is 10.2. The van der Waals surface area contributed by atoms with Gasteiger partial charge in [-0.2, -0.15) is 0 Å². The molecule has 30 heavy (non-hydrogen) atoms. The Bertz CT molecular complexity index is 758. The summed E-state index contributed by atoms with van der Waals surface area (Å²) in [5.41, 5.74) is 0.673. The van der Waals surface area contributed by atoms with Crippen LogP contribution in [0.15, 0.2) is 36.4 Å². The number of carboxylic acid groups (broad SMARTS) is 2. The Hall–Kier alpha value is -2.91. The van der Waals surface area contributed by atoms with E-state index < -0.39 is 11.9 Å². The van der Waals surface area contributed by atoms with Crippen LogP contribution in [-0.4, -0.2) is 102 Å². The highest BCUT2D eigenvalue weighted by Crippen LogP contribution is 2.25. The smallest absolute Gasteiger partial charge is 0.328 e. The van der Waals surface area contributed by atoms with Crippen LogP contribution in [0.4, 0.5) is 0 Å². The first-order valence-electron chi connectivity index (χ1n) is 9.82. The van der Waals surface area contributed by atoms with Gasteiger partial charge in [0, 0.05) is 51.9 Å². The van der Waals surface area contributed by atoms with Crippen molar-refractivity contribution in [3.8, 4) is 5.75 Å². The average molecular weight is 419 g/mol. The largest absolute Gasteiger partial charge is 0.488 e. The van der Waals surface area contributed by atoms with E-state index in [1.54, 1.807) is 4.90 Å². The zero-order chi connectivity index (χ0) is 22.1. The van der Waals surface area contributed by atoms with Crippen LogP contribution >= 0.6 is 0 Å². The lowest BCUT2D eigenvalue weighted by Gasteiger charge is -2.33. The number of carbonyl (C=O) groups excluding carboxylic acids is 1. The predicted octanol–water partition coefficient (Wildman–Crippen LogP) is 0.869. The van der Waals surface area contributed by atoms with Gasteiger partial charge >= 0.3 is 11.9 Å². The minimum Gasteiger partial charge on any atom is -0.488 e. The standard InChI is InChI=1S/C17H25N3O2.C4H4O4/c1-18-9-11-20(12-10-18)8-7-14-13-19(2)17(21)15-5-3-4-6-16(15)22-14;5-3(6)1-2-4(7)8/h3-6,14H,7-13H2,1-2H3;1-2H,(H,5,6)(H,7,8). The fourth-order valence-electron chi connectivity index (χ4n) is 3.25. The zero-order valence-corrected chi connectivity index (χ0v) is 17.4. The number of likely N-dealkylation sites (N-methyl/N-ethyl adjacent to an activating group) is 2. The van der Waals surface area contributed by atoms with Crippen LogP contribution in [0.1, 0.15) is 16.8 Å². The summed E-state index contributed by atoms with van der Waals surface area (Å²) in [6.07, 6.45) is 2.14. The topological polar surface area (TPSA) is 111 Å². The molecule has 9 heteroatoms. The number of nitrogens with zero attached hydrogens (tertiary/aromatic N) is 3. The van der Waals surface area contributed by atoms with Crippen molar-refractivity contribution < 1.29 is 29.3 Å². The Kier molecular flexibility index (Phi) is 8.82. The first-order chi connectivity index (χ1) is 14.3. The molecular weight excluding hydrogens is 390 g/mol. The van der Waals surface area contributed by atoms with Crippen LogP contribution in [0.25, 0.3) is 0 Å². The summed E-state index contributed by atoms with van der Waals surface area (Å²) >= 11 is 0. The second kappa shape index (κ2) is 11.3. The molecular formula is C21H29N3O6. The van der Waals surface area contributed by atoms with Crippen molar-refractivity contribution >= 4 is 17.8 Å². The molecule has 1 atom stereocenters. The van der Waals surface area contributed by atoms with Crippen molar-refractivity contribution in [2.24, 2.45) is 0 Å². The van der Waals surface area contributed by atoms with Gasteiger partial charge in [-0.3, -0.25) is 4.79 Å². The van der Waals surface area contributed by atoms with Crippen LogP contribution in [0.5, 0.6) is 5.75 Å². The lowest BCUT2D eigenvalue weighted by Crippen LogP contribution is -2.46. The summed E-state index contributed by atoms with van der Waals surface area (Å²) in [6.45, 7) is 6.19. The molecule has 3 rings (SSSR count). The quantitative estimate of drug-likeness (QED) is 0.677. The van der Waals surface area contributed by atoms with Crippen LogP contribution in [-0.2, 0) is 9.59 Å². The molecule has 2 N–H and O–H groups in total. The van der Waals surface area contributed by atoms with E-state index in [0.29, 0.717) is 24.3 Å².